The second kappa shape index (κ2) is 10.7. The van der Waals surface area contributed by atoms with E-state index < -0.39 is 0 Å². The minimum absolute atomic E-state index is 0.215. The molecule has 0 fully saturated rings. The van der Waals surface area contributed by atoms with Crippen LogP contribution in [0.4, 0.5) is 22.9 Å². The highest BCUT2D eigenvalue weighted by Gasteiger charge is 2.41. The number of hydrogen-bond donors (Lipinski definition) is 2. The Balaban J connectivity index is 1.42. The molecule has 4 aromatic carbocycles. The van der Waals surface area contributed by atoms with Crippen LogP contribution < -0.4 is 10.2 Å². The maximum absolute atomic E-state index is 10.6. The quantitative estimate of drug-likeness (QED) is 0.224. The summed E-state index contributed by atoms with van der Waals surface area (Å²) in [7, 11) is 0. The van der Waals surface area contributed by atoms with Crippen molar-refractivity contribution in [1.29, 1.82) is 0 Å². The molecule has 1 atom stereocenters. The van der Waals surface area contributed by atoms with Crippen LogP contribution in [0.25, 0.3) is 5.69 Å². The Labute approximate surface area is 245 Å². The fourth-order valence-corrected chi connectivity index (χ4v) is 5.83. The Kier molecular flexibility index (Phi) is 6.55. The molecule has 3 heterocycles. The maximum Gasteiger partial charge on any atom is 0.179 e. The number of hydrogen-bond acceptors (Lipinski definition) is 6. The van der Waals surface area contributed by atoms with Gasteiger partial charge < -0.3 is 15.3 Å². The zero-order chi connectivity index (χ0) is 28.6. The number of unbranched alkanes of at least 4 members (excludes halogenated alkanes) is 1. The third-order valence-corrected chi connectivity index (χ3v) is 7.86. The average molecular weight is 553 g/mol. The van der Waals surface area contributed by atoms with Gasteiger partial charge in [0.25, 0.3) is 0 Å². The van der Waals surface area contributed by atoms with Crippen LogP contribution in [-0.4, -0.2) is 26.6 Å². The summed E-state index contributed by atoms with van der Waals surface area (Å²) in [4.78, 5) is 12.6. The molecule has 7 nitrogen and oxygen atoms in total. The number of nitrogens with one attached hydrogen (secondary N) is 1. The largest absolute Gasteiger partial charge is 0.508 e. The van der Waals surface area contributed by atoms with E-state index >= 15 is 0 Å². The van der Waals surface area contributed by atoms with E-state index in [1.54, 1.807) is 6.07 Å². The van der Waals surface area contributed by atoms with E-state index in [1.807, 2.05) is 78.3 Å². The Bertz CT molecular complexity index is 1820. The van der Waals surface area contributed by atoms with Gasteiger partial charge in [0.05, 0.1) is 28.8 Å². The Morgan fingerprint density at radius 2 is 1.64 bits per heavy atom. The van der Waals surface area contributed by atoms with Crippen molar-refractivity contribution >= 4 is 34.6 Å². The van der Waals surface area contributed by atoms with E-state index in [2.05, 4.69) is 47.5 Å². The summed E-state index contributed by atoms with van der Waals surface area (Å²) in [5, 5.41) is 19.1. The first-order valence-corrected chi connectivity index (χ1v) is 14.5. The number of aliphatic imine (C=N–C) groups is 2. The van der Waals surface area contributed by atoms with E-state index in [1.165, 1.54) is 18.4 Å². The number of aromatic hydroxyl groups is 1. The number of amidine groups is 2. The van der Waals surface area contributed by atoms with Gasteiger partial charge in [-0.1, -0.05) is 67.9 Å². The molecular formula is C35H32N6O. The molecule has 2 aliphatic heterocycles. The highest BCUT2D eigenvalue weighted by atomic mass is 16.3. The molecule has 42 heavy (non-hydrogen) atoms. The monoisotopic (exact) mass is 552 g/mol. The van der Waals surface area contributed by atoms with Crippen molar-refractivity contribution in [2.24, 2.45) is 9.98 Å². The van der Waals surface area contributed by atoms with Crippen molar-refractivity contribution < 1.29 is 5.11 Å². The first-order valence-electron chi connectivity index (χ1n) is 14.5. The Hall–Kier alpha value is -5.17. The molecule has 7 rings (SSSR count). The third kappa shape index (κ3) is 4.53. The SMILES string of the molecule is CCCCc1ccc(NC2=Nc3ccccc3N3C2=Nc2c(c(C)nn2-c2ccccc2)[C@H]3c2cccc(O)c2)cc1. The smallest absolute Gasteiger partial charge is 0.179 e. The van der Waals surface area contributed by atoms with Crippen molar-refractivity contribution in [3.63, 3.8) is 0 Å². The highest BCUT2D eigenvalue weighted by Crippen LogP contribution is 2.48. The molecule has 0 aliphatic carbocycles. The van der Waals surface area contributed by atoms with Gasteiger partial charge in [-0.05, 0) is 79.4 Å². The minimum Gasteiger partial charge on any atom is -0.508 e. The highest BCUT2D eigenvalue weighted by molar-refractivity contribution is 6.51. The lowest BCUT2D eigenvalue weighted by Crippen LogP contribution is -2.46. The normalized spacial score (nSPS) is 15.3. The second-order valence-electron chi connectivity index (χ2n) is 10.7. The molecule has 0 bridgehead atoms. The summed E-state index contributed by atoms with van der Waals surface area (Å²) in [5.41, 5.74) is 7.80. The Morgan fingerprint density at radius 3 is 2.43 bits per heavy atom. The number of rotatable bonds is 6. The average Bonchev–Trinajstić information content (AvgIpc) is 3.36. The maximum atomic E-state index is 10.6. The lowest BCUT2D eigenvalue weighted by atomic mass is 9.93. The fraction of sp³-hybridized carbons (Fsp3) is 0.171. The van der Waals surface area contributed by atoms with E-state index in [0.717, 1.165) is 51.8 Å². The standard InChI is InChI=1S/C35H32N6O/c1-3-4-11-24-18-20-26(21-19-24)36-33-35-38-34-31(23(2)39-41(34)27-13-6-5-7-14-27)32(25-12-10-15-28(42)22-25)40(35)30-17-9-8-16-29(30)37-33/h5-10,12-22,32,42H,3-4,11H2,1-2H3,(H,36,37)/t32-/m1/s1. The predicted molar refractivity (Wildman–Crippen MR) is 170 cm³/mol. The number of benzene rings is 4. The number of phenols is 1. The van der Waals surface area contributed by atoms with Crippen LogP contribution in [0.2, 0.25) is 0 Å². The van der Waals surface area contributed by atoms with Crippen molar-refractivity contribution in [3.8, 4) is 11.4 Å². The number of fused-ring (bicyclic) bond motifs is 4. The molecule has 0 spiro atoms. The number of anilines is 2. The van der Waals surface area contributed by atoms with E-state index in [0.29, 0.717) is 11.7 Å². The lowest BCUT2D eigenvalue weighted by Gasteiger charge is -2.40. The molecule has 208 valence electrons. The first kappa shape index (κ1) is 25.8. The lowest BCUT2D eigenvalue weighted by molar-refractivity contribution is 0.474. The molecule has 1 aromatic heterocycles. The van der Waals surface area contributed by atoms with Crippen LogP contribution in [0.1, 0.15) is 48.2 Å². The van der Waals surface area contributed by atoms with Gasteiger partial charge >= 0.3 is 0 Å². The summed E-state index contributed by atoms with van der Waals surface area (Å²) in [6, 6.07) is 33.9. The molecule has 0 saturated heterocycles. The van der Waals surface area contributed by atoms with Crippen LogP contribution in [-0.2, 0) is 6.42 Å². The molecule has 0 amide bonds. The van der Waals surface area contributed by atoms with E-state index in [9.17, 15) is 5.11 Å². The molecule has 0 unspecified atom stereocenters. The second-order valence-corrected chi connectivity index (χ2v) is 10.7. The molecular weight excluding hydrogens is 520 g/mol. The van der Waals surface area contributed by atoms with Crippen molar-refractivity contribution in [3.05, 3.63) is 126 Å². The zero-order valence-electron chi connectivity index (χ0n) is 23.7. The first-order chi connectivity index (χ1) is 20.6. The van der Waals surface area contributed by atoms with E-state index in [-0.39, 0.29) is 11.8 Å². The van der Waals surface area contributed by atoms with Gasteiger partial charge in [-0.3, -0.25) is 0 Å². The number of phenolic OH excluding ortho intramolecular Hbond substituents is 1. The Morgan fingerprint density at radius 1 is 0.857 bits per heavy atom. The van der Waals surface area contributed by atoms with Crippen LogP contribution in [0.3, 0.4) is 0 Å². The molecule has 7 heteroatoms. The summed E-state index contributed by atoms with van der Waals surface area (Å²) < 4.78 is 1.91. The van der Waals surface area contributed by atoms with Crippen LogP contribution in [0.15, 0.2) is 113 Å². The molecule has 2 N–H and O–H groups in total. The number of para-hydroxylation sites is 3. The third-order valence-electron chi connectivity index (χ3n) is 7.86. The molecule has 2 aliphatic rings. The van der Waals surface area contributed by atoms with Gasteiger partial charge in [-0.2, -0.15) is 5.10 Å². The van der Waals surface area contributed by atoms with Gasteiger partial charge in [-0.25, -0.2) is 14.7 Å². The number of aryl methyl sites for hydroxylation is 2. The summed E-state index contributed by atoms with van der Waals surface area (Å²) in [6.07, 6.45) is 3.42. The number of aromatic nitrogens is 2. The summed E-state index contributed by atoms with van der Waals surface area (Å²) in [6.45, 7) is 4.24. The van der Waals surface area contributed by atoms with Gasteiger partial charge in [-0.15, -0.1) is 0 Å². The van der Waals surface area contributed by atoms with Crippen LogP contribution in [0, 0.1) is 6.92 Å². The van der Waals surface area contributed by atoms with Crippen molar-refractivity contribution in [2.45, 2.75) is 39.2 Å². The van der Waals surface area contributed by atoms with Crippen LogP contribution >= 0.6 is 0 Å². The van der Waals surface area contributed by atoms with Gasteiger partial charge in [0.2, 0.25) is 0 Å². The summed E-state index contributed by atoms with van der Waals surface area (Å²) in [5.74, 6) is 2.32. The van der Waals surface area contributed by atoms with Crippen molar-refractivity contribution in [1.82, 2.24) is 9.78 Å². The van der Waals surface area contributed by atoms with Gasteiger partial charge in [0, 0.05) is 11.3 Å². The van der Waals surface area contributed by atoms with Gasteiger partial charge in [0.15, 0.2) is 17.5 Å². The van der Waals surface area contributed by atoms with Crippen LogP contribution in [0.5, 0.6) is 5.75 Å². The molecule has 0 saturated carbocycles. The van der Waals surface area contributed by atoms with E-state index in [4.69, 9.17) is 15.1 Å². The molecule has 0 radical (unpaired) electrons. The van der Waals surface area contributed by atoms with Gasteiger partial charge in [0.1, 0.15) is 5.75 Å². The zero-order valence-corrected chi connectivity index (χ0v) is 23.7. The molecule has 5 aromatic rings. The number of nitrogens with zero attached hydrogens (tertiary/aromatic N) is 5. The fourth-order valence-electron chi connectivity index (χ4n) is 5.83. The topological polar surface area (TPSA) is 78.0 Å². The minimum atomic E-state index is -0.290. The summed E-state index contributed by atoms with van der Waals surface area (Å²) >= 11 is 0. The van der Waals surface area contributed by atoms with Crippen molar-refractivity contribution in [2.75, 3.05) is 10.2 Å². The predicted octanol–water partition coefficient (Wildman–Crippen LogP) is 8.02.